The van der Waals surface area contributed by atoms with Gasteiger partial charge in [0.2, 0.25) is 0 Å². The highest BCUT2D eigenvalue weighted by atomic mass is 32.1. The molecule has 2 heterocycles. The minimum atomic E-state index is -0.552. The van der Waals surface area contributed by atoms with Crippen LogP contribution in [0.1, 0.15) is 33.5 Å². The third-order valence-corrected chi connectivity index (χ3v) is 4.24. The molecule has 3 rings (SSSR count). The van der Waals surface area contributed by atoms with Crippen LogP contribution < -0.4 is 10.9 Å². The second-order valence-electron chi connectivity index (χ2n) is 5.41. The molecular weight excluding hydrogens is 368 g/mol. The lowest BCUT2D eigenvalue weighted by molar-refractivity contribution is 0.0520. The second kappa shape index (κ2) is 8.37. The van der Waals surface area contributed by atoms with Gasteiger partial charge in [-0.25, -0.2) is 14.5 Å². The van der Waals surface area contributed by atoms with Gasteiger partial charge in [-0.05, 0) is 18.6 Å². The first kappa shape index (κ1) is 18.5. The lowest BCUT2D eigenvalue weighted by Crippen LogP contribution is -2.26. The van der Waals surface area contributed by atoms with Crippen LogP contribution in [0.15, 0.2) is 52.6 Å². The third kappa shape index (κ3) is 4.64. The summed E-state index contributed by atoms with van der Waals surface area (Å²) in [6.45, 7) is 2.19. The van der Waals surface area contributed by atoms with Crippen molar-refractivity contribution in [2.45, 2.75) is 13.5 Å². The van der Waals surface area contributed by atoms with Crippen molar-refractivity contribution in [1.29, 1.82) is 0 Å². The van der Waals surface area contributed by atoms with Crippen LogP contribution in [0.3, 0.4) is 0 Å². The predicted molar refractivity (Wildman–Crippen MR) is 100 cm³/mol. The molecule has 1 amide bonds. The molecule has 0 spiro atoms. The fraction of sp³-hybridized carbons (Fsp3) is 0.167. The summed E-state index contributed by atoms with van der Waals surface area (Å²) in [5.74, 6) is -1.08. The number of ether oxygens (including phenoxy) is 1. The van der Waals surface area contributed by atoms with E-state index in [4.69, 9.17) is 4.74 Å². The van der Waals surface area contributed by atoms with Crippen LogP contribution in [0, 0.1) is 0 Å². The van der Waals surface area contributed by atoms with Gasteiger partial charge in [0, 0.05) is 11.4 Å². The summed E-state index contributed by atoms with van der Waals surface area (Å²) in [7, 11) is 0. The molecule has 0 aliphatic rings. The van der Waals surface area contributed by atoms with Gasteiger partial charge in [0.1, 0.15) is 5.69 Å². The predicted octanol–water partition coefficient (Wildman–Crippen LogP) is 2.18. The average molecular weight is 384 g/mol. The Kier molecular flexibility index (Phi) is 5.72. The Bertz CT molecular complexity index is 1010. The van der Waals surface area contributed by atoms with E-state index in [1.165, 1.54) is 22.2 Å². The van der Waals surface area contributed by atoms with E-state index in [9.17, 15) is 14.4 Å². The molecule has 27 heavy (non-hydrogen) atoms. The van der Waals surface area contributed by atoms with Crippen molar-refractivity contribution in [1.82, 2.24) is 14.8 Å². The zero-order valence-electron chi connectivity index (χ0n) is 14.4. The van der Waals surface area contributed by atoms with Crippen LogP contribution >= 0.6 is 11.3 Å². The molecule has 0 saturated carbocycles. The van der Waals surface area contributed by atoms with Crippen LogP contribution in [-0.4, -0.2) is 33.2 Å². The van der Waals surface area contributed by atoms with Crippen LogP contribution in [0.2, 0.25) is 0 Å². The van der Waals surface area contributed by atoms with Gasteiger partial charge in [-0.3, -0.25) is 14.9 Å². The molecule has 0 bridgehead atoms. The van der Waals surface area contributed by atoms with Crippen molar-refractivity contribution in [3.63, 3.8) is 0 Å². The summed E-state index contributed by atoms with van der Waals surface area (Å²) in [5, 5.41) is 8.42. The van der Waals surface area contributed by atoms with Crippen LogP contribution in [0.25, 0.3) is 0 Å². The molecule has 0 radical (unpaired) electrons. The highest BCUT2D eigenvalue weighted by molar-refractivity contribution is 7.14. The highest BCUT2D eigenvalue weighted by Gasteiger charge is 2.15. The number of esters is 1. The summed E-state index contributed by atoms with van der Waals surface area (Å²) >= 11 is 1.10. The van der Waals surface area contributed by atoms with E-state index < -0.39 is 11.9 Å². The lowest BCUT2D eigenvalue weighted by atomic mass is 10.2. The number of carbonyl (C=O) groups excluding carboxylic acids is 2. The first-order valence-corrected chi connectivity index (χ1v) is 9.01. The largest absolute Gasteiger partial charge is 0.461 e. The van der Waals surface area contributed by atoms with E-state index in [-0.39, 0.29) is 35.2 Å². The standard InChI is InChI=1S/C18H16N4O4S/c1-2-26-17(25)14-11-27-18(19-14)20-16(24)13-8-9-15(23)22(21-13)10-12-6-4-3-5-7-12/h3-9,11H,2,10H2,1H3,(H,19,20,24). The average Bonchev–Trinajstić information content (AvgIpc) is 3.13. The normalized spacial score (nSPS) is 10.4. The topological polar surface area (TPSA) is 103 Å². The van der Waals surface area contributed by atoms with E-state index >= 15 is 0 Å². The van der Waals surface area contributed by atoms with Gasteiger partial charge >= 0.3 is 5.97 Å². The van der Waals surface area contributed by atoms with Gasteiger partial charge < -0.3 is 4.74 Å². The zero-order valence-corrected chi connectivity index (χ0v) is 15.2. The number of benzene rings is 1. The number of hydrogen-bond acceptors (Lipinski definition) is 7. The Morgan fingerprint density at radius 1 is 1.15 bits per heavy atom. The van der Waals surface area contributed by atoms with Crippen molar-refractivity contribution in [2.24, 2.45) is 0 Å². The molecule has 138 valence electrons. The summed E-state index contributed by atoms with van der Waals surface area (Å²) in [6, 6.07) is 12.0. The van der Waals surface area contributed by atoms with Crippen molar-refractivity contribution in [3.05, 3.63) is 75.1 Å². The minimum absolute atomic E-state index is 0.0680. The Morgan fingerprint density at radius 2 is 1.93 bits per heavy atom. The number of aromatic nitrogens is 3. The third-order valence-electron chi connectivity index (χ3n) is 3.48. The van der Waals surface area contributed by atoms with Gasteiger partial charge in [0.15, 0.2) is 10.8 Å². The number of rotatable bonds is 6. The highest BCUT2D eigenvalue weighted by Crippen LogP contribution is 2.16. The Labute approximate surface area is 158 Å². The molecular formula is C18H16N4O4S. The monoisotopic (exact) mass is 384 g/mol. The van der Waals surface area contributed by atoms with Gasteiger partial charge in [-0.15, -0.1) is 11.3 Å². The molecule has 0 atom stereocenters. The van der Waals surface area contributed by atoms with Crippen molar-refractivity contribution < 1.29 is 14.3 Å². The first-order valence-electron chi connectivity index (χ1n) is 8.13. The van der Waals surface area contributed by atoms with Gasteiger partial charge in [-0.1, -0.05) is 30.3 Å². The number of anilines is 1. The zero-order chi connectivity index (χ0) is 19.2. The molecule has 2 aromatic heterocycles. The van der Waals surface area contributed by atoms with E-state index in [2.05, 4.69) is 15.4 Å². The van der Waals surface area contributed by atoms with E-state index in [0.717, 1.165) is 16.9 Å². The molecule has 9 heteroatoms. The first-order chi connectivity index (χ1) is 13.1. The SMILES string of the molecule is CCOC(=O)c1csc(NC(=O)c2ccc(=O)n(Cc3ccccc3)n2)n1. The van der Waals surface area contributed by atoms with E-state index in [1.807, 2.05) is 30.3 Å². The molecule has 1 N–H and O–H groups in total. The number of nitrogens with zero attached hydrogens (tertiary/aromatic N) is 3. The molecule has 0 saturated heterocycles. The van der Waals surface area contributed by atoms with Crippen LogP contribution in [0.5, 0.6) is 0 Å². The molecule has 3 aromatic rings. The van der Waals surface area contributed by atoms with Crippen molar-refractivity contribution >= 4 is 28.3 Å². The maximum Gasteiger partial charge on any atom is 0.357 e. The molecule has 8 nitrogen and oxygen atoms in total. The summed E-state index contributed by atoms with van der Waals surface area (Å²) in [4.78, 5) is 40.0. The molecule has 0 aliphatic heterocycles. The van der Waals surface area contributed by atoms with Gasteiger partial charge in [0.25, 0.3) is 11.5 Å². The number of thiazole rings is 1. The Morgan fingerprint density at radius 3 is 2.67 bits per heavy atom. The maximum atomic E-state index is 12.4. The summed E-state index contributed by atoms with van der Waals surface area (Å²) in [6.07, 6.45) is 0. The maximum absolute atomic E-state index is 12.4. The number of nitrogens with one attached hydrogen (secondary N) is 1. The Hall–Kier alpha value is -3.33. The van der Waals surface area contributed by atoms with Crippen molar-refractivity contribution in [3.8, 4) is 0 Å². The number of amides is 1. The van der Waals surface area contributed by atoms with E-state index in [1.54, 1.807) is 6.92 Å². The second-order valence-corrected chi connectivity index (χ2v) is 6.27. The fourth-order valence-corrected chi connectivity index (χ4v) is 2.91. The van der Waals surface area contributed by atoms with Crippen LogP contribution in [0.4, 0.5) is 5.13 Å². The van der Waals surface area contributed by atoms with Crippen molar-refractivity contribution in [2.75, 3.05) is 11.9 Å². The summed E-state index contributed by atoms with van der Waals surface area (Å²) in [5.41, 5.74) is 0.774. The molecule has 0 aliphatic carbocycles. The van der Waals surface area contributed by atoms with Crippen LogP contribution in [-0.2, 0) is 11.3 Å². The summed E-state index contributed by atoms with van der Waals surface area (Å²) < 4.78 is 6.08. The molecule has 0 fully saturated rings. The molecule has 1 aromatic carbocycles. The molecule has 0 unspecified atom stereocenters. The number of carbonyl (C=O) groups is 2. The quantitative estimate of drug-likeness (QED) is 0.654. The smallest absolute Gasteiger partial charge is 0.357 e. The van der Waals surface area contributed by atoms with Gasteiger partial charge in [-0.2, -0.15) is 5.10 Å². The van der Waals surface area contributed by atoms with Gasteiger partial charge in [0.05, 0.1) is 13.2 Å². The fourth-order valence-electron chi connectivity index (χ4n) is 2.23. The Balaban J connectivity index is 1.74. The lowest BCUT2D eigenvalue weighted by Gasteiger charge is -2.07. The minimum Gasteiger partial charge on any atom is -0.461 e. The van der Waals surface area contributed by atoms with E-state index in [0.29, 0.717) is 0 Å². The number of hydrogen-bond donors (Lipinski definition) is 1.